The number of aryl methyl sites for hydroxylation is 2. The van der Waals surface area contributed by atoms with E-state index in [0.29, 0.717) is 0 Å². The molecule has 6 nitrogen and oxygen atoms in total. The first kappa shape index (κ1) is 19.9. The summed E-state index contributed by atoms with van der Waals surface area (Å²) in [5, 5.41) is 39.0. The molecule has 4 N–H and O–H groups in total. The molecule has 3 rings (SSSR count). The molecule has 0 unspecified atom stereocenters. The van der Waals surface area contributed by atoms with Crippen molar-refractivity contribution in [1.29, 1.82) is 0 Å². The third kappa shape index (κ3) is 4.55. The monoisotopic (exact) mass is 374 g/mol. The Kier molecular flexibility index (Phi) is 6.26. The highest BCUT2D eigenvalue weighted by atomic mass is 16.7. The average Bonchev–Trinajstić information content (AvgIpc) is 2.65. The van der Waals surface area contributed by atoms with Gasteiger partial charge in [-0.05, 0) is 36.6 Å². The molecule has 2 aromatic carbocycles. The van der Waals surface area contributed by atoms with E-state index in [1.54, 1.807) is 0 Å². The van der Waals surface area contributed by atoms with Gasteiger partial charge in [-0.1, -0.05) is 47.5 Å². The summed E-state index contributed by atoms with van der Waals surface area (Å²) in [6.45, 7) is 3.79. The van der Waals surface area contributed by atoms with Crippen LogP contribution in [0.3, 0.4) is 0 Å². The molecule has 1 aliphatic rings. The highest BCUT2D eigenvalue weighted by Gasteiger charge is 2.43. The van der Waals surface area contributed by atoms with Gasteiger partial charge in [0.15, 0.2) is 6.29 Å². The summed E-state index contributed by atoms with van der Waals surface area (Å²) in [6.07, 6.45) is -6.34. The van der Waals surface area contributed by atoms with Crippen molar-refractivity contribution in [3.63, 3.8) is 0 Å². The van der Waals surface area contributed by atoms with Crippen molar-refractivity contribution < 1.29 is 29.9 Å². The second-order valence-electron chi connectivity index (χ2n) is 7.09. The van der Waals surface area contributed by atoms with Gasteiger partial charge < -0.3 is 29.9 Å². The first-order valence-corrected chi connectivity index (χ1v) is 8.99. The minimum absolute atomic E-state index is 0.154. The van der Waals surface area contributed by atoms with Crippen LogP contribution < -0.4 is 0 Å². The van der Waals surface area contributed by atoms with Crippen LogP contribution >= 0.6 is 0 Å². The maximum Gasteiger partial charge on any atom is 0.187 e. The second kappa shape index (κ2) is 8.48. The molecule has 27 heavy (non-hydrogen) atoms. The lowest BCUT2D eigenvalue weighted by atomic mass is 9.99. The highest BCUT2D eigenvalue weighted by molar-refractivity contribution is 5.65. The topological polar surface area (TPSA) is 99.4 Å². The lowest BCUT2D eigenvalue weighted by Crippen LogP contribution is -2.59. The molecule has 1 fully saturated rings. The van der Waals surface area contributed by atoms with Gasteiger partial charge in [-0.25, -0.2) is 0 Å². The Morgan fingerprint density at radius 2 is 1.59 bits per heavy atom. The summed E-state index contributed by atoms with van der Waals surface area (Å²) in [6, 6.07) is 14.2. The summed E-state index contributed by atoms with van der Waals surface area (Å²) in [5.74, 6) is 0. The Labute approximate surface area is 158 Å². The minimum atomic E-state index is -1.44. The number of aliphatic hydroxyl groups excluding tert-OH is 4. The SMILES string of the molecule is Cc1cc(C)cc(-c2cccc(CO[C@H]3O[C@H](CO)[C@@H](O)[C@H](O)[C@@H]3O)c2)c1. The van der Waals surface area contributed by atoms with Crippen molar-refractivity contribution >= 4 is 0 Å². The number of hydrogen-bond acceptors (Lipinski definition) is 6. The van der Waals surface area contributed by atoms with Crippen LogP contribution in [0.4, 0.5) is 0 Å². The highest BCUT2D eigenvalue weighted by Crippen LogP contribution is 2.25. The zero-order valence-corrected chi connectivity index (χ0v) is 15.4. The maximum absolute atomic E-state index is 10.1. The maximum atomic E-state index is 10.1. The number of benzene rings is 2. The molecular formula is C21H26O6. The van der Waals surface area contributed by atoms with Gasteiger partial charge >= 0.3 is 0 Å². The Balaban J connectivity index is 1.71. The van der Waals surface area contributed by atoms with Gasteiger partial charge in [-0.2, -0.15) is 0 Å². The average molecular weight is 374 g/mol. The Morgan fingerprint density at radius 3 is 2.26 bits per heavy atom. The van der Waals surface area contributed by atoms with Crippen LogP contribution in [0, 0.1) is 13.8 Å². The van der Waals surface area contributed by atoms with Crippen LogP contribution in [-0.2, 0) is 16.1 Å². The van der Waals surface area contributed by atoms with Crippen molar-refractivity contribution in [3.8, 4) is 11.1 Å². The largest absolute Gasteiger partial charge is 0.394 e. The molecule has 1 saturated heterocycles. The van der Waals surface area contributed by atoms with Gasteiger partial charge in [-0.15, -0.1) is 0 Å². The molecule has 0 radical (unpaired) electrons. The standard InChI is InChI=1S/C21H26O6/c1-12-6-13(2)8-16(7-12)15-5-3-4-14(9-15)11-26-21-20(25)19(24)18(23)17(10-22)27-21/h3-9,17-25H,10-11H2,1-2H3/t17-,18-,19+,20+,21+/m1/s1. The van der Waals surface area contributed by atoms with Gasteiger partial charge in [0.25, 0.3) is 0 Å². The normalized spacial score (nSPS) is 28.3. The molecule has 0 amide bonds. The van der Waals surface area contributed by atoms with E-state index in [-0.39, 0.29) is 6.61 Å². The first-order chi connectivity index (χ1) is 12.9. The van der Waals surface area contributed by atoms with Crippen molar-refractivity contribution in [2.24, 2.45) is 0 Å². The Morgan fingerprint density at radius 1 is 0.889 bits per heavy atom. The van der Waals surface area contributed by atoms with Crippen LogP contribution in [-0.4, -0.2) is 57.7 Å². The van der Waals surface area contributed by atoms with Gasteiger partial charge in [0.1, 0.15) is 24.4 Å². The molecule has 1 heterocycles. The molecule has 0 saturated carbocycles. The van der Waals surface area contributed by atoms with Crippen LogP contribution in [0.25, 0.3) is 11.1 Å². The molecule has 2 aromatic rings. The molecule has 146 valence electrons. The van der Waals surface area contributed by atoms with E-state index in [1.807, 2.05) is 24.3 Å². The number of rotatable bonds is 5. The molecule has 5 atom stereocenters. The van der Waals surface area contributed by atoms with Crippen molar-refractivity contribution in [1.82, 2.24) is 0 Å². The molecule has 6 heteroatoms. The lowest BCUT2D eigenvalue weighted by molar-refractivity contribution is -0.304. The fraction of sp³-hybridized carbons (Fsp3) is 0.429. The molecular weight excluding hydrogens is 348 g/mol. The van der Waals surface area contributed by atoms with Gasteiger partial charge in [-0.3, -0.25) is 0 Å². The minimum Gasteiger partial charge on any atom is -0.394 e. The quantitative estimate of drug-likeness (QED) is 0.629. The van der Waals surface area contributed by atoms with Crippen molar-refractivity contribution in [2.45, 2.75) is 51.2 Å². The zero-order valence-electron chi connectivity index (χ0n) is 15.4. The summed E-state index contributed by atoms with van der Waals surface area (Å²) >= 11 is 0. The van der Waals surface area contributed by atoms with Crippen LogP contribution in [0.2, 0.25) is 0 Å². The molecule has 0 spiro atoms. The second-order valence-corrected chi connectivity index (χ2v) is 7.09. The smallest absolute Gasteiger partial charge is 0.187 e. The van der Waals surface area contributed by atoms with E-state index in [9.17, 15) is 20.4 Å². The van der Waals surface area contributed by atoms with Crippen LogP contribution in [0.5, 0.6) is 0 Å². The number of ether oxygens (including phenoxy) is 2. The summed E-state index contributed by atoms with van der Waals surface area (Å²) in [4.78, 5) is 0. The van der Waals surface area contributed by atoms with Crippen molar-refractivity contribution in [3.05, 3.63) is 59.2 Å². The van der Waals surface area contributed by atoms with Gasteiger partial charge in [0.05, 0.1) is 13.2 Å². The summed E-state index contributed by atoms with van der Waals surface area (Å²) in [7, 11) is 0. The van der Waals surface area contributed by atoms with Crippen LogP contribution in [0.15, 0.2) is 42.5 Å². The fourth-order valence-electron chi connectivity index (χ4n) is 3.37. The predicted octanol–water partition coefficient (Wildman–Crippen LogP) is 1.29. The fourth-order valence-corrected chi connectivity index (χ4v) is 3.37. The van der Waals surface area contributed by atoms with E-state index in [0.717, 1.165) is 16.7 Å². The number of hydrogen-bond donors (Lipinski definition) is 4. The summed E-state index contributed by atoms with van der Waals surface area (Å²) in [5.41, 5.74) is 5.42. The van der Waals surface area contributed by atoms with Crippen molar-refractivity contribution in [2.75, 3.05) is 6.61 Å². The van der Waals surface area contributed by atoms with E-state index < -0.39 is 37.3 Å². The first-order valence-electron chi connectivity index (χ1n) is 8.99. The predicted molar refractivity (Wildman–Crippen MR) is 99.9 cm³/mol. The zero-order chi connectivity index (χ0) is 19.6. The molecule has 0 aromatic heterocycles. The van der Waals surface area contributed by atoms with E-state index in [4.69, 9.17) is 9.47 Å². The van der Waals surface area contributed by atoms with E-state index in [2.05, 4.69) is 32.0 Å². The van der Waals surface area contributed by atoms with E-state index in [1.165, 1.54) is 11.1 Å². The van der Waals surface area contributed by atoms with Crippen LogP contribution in [0.1, 0.15) is 16.7 Å². The Hall–Kier alpha value is -1.80. The number of aliphatic hydroxyl groups is 4. The van der Waals surface area contributed by atoms with Gasteiger partial charge in [0, 0.05) is 0 Å². The van der Waals surface area contributed by atoms with E-state index >= 15 is 0 Å². The lowest BCUT2D eigenvalue weighted by Gasteiger charge is -2.39. The molecule has 1 aliphatic heterocycles. The molecule has 0 bridgehead atoms. The third-order valence-corrected chi connectivity index (χ3v) is 4.74. The molecule has 0 aliphatic carbocycles. The Bertz CT molecular complexity index is 755. The van der Waals surface area contributed by atoms with Gasteiger partial charge in [0.2, 0.25) is 0 Å². The third-order valence-electron chi connectivity index (χ3n) is 4.74. The summed E-state index contributed by atoms with van der Waals surface area (Å²) < 4.78 is 11.0.